The summed E-state index contributed by atoms with van der Waals surface area (Å²) in [7, 11) is 0. The number of amides is 1. The number of hydrogen-bond acceptors (Lipinski definition) is 4. The largest absolute Gasteiger partial charge is 0.348 e. The molecule has 4 heterocycles. The van der Waals surface area contributed by atoms with E-state index in [-0.39, 0.29) is 11.9 Å². The molecule has 1 fully saturated rings. The van der Waals surface area contributed by atoms with Crippen molar-refractivity contribution in [3.63, 3.8) is 0 Å². The van der Waals surface area contributed by atoms with Crippen LogP contribution in [0.2, 0.25) is 0 Å². The average Bonchev–Trinajstić information content (AvgIpc) is 3.23. The lowest BCUT2D eigenvalue weighted by atomic mass is 9.95. The first kappa shape index (κ1) is 15.4. The van der Waals surface area contributed by atoms with Crippen molar-refractivity contribution in [1.82, 2.24) is 30.0 Å². The van der Waals surface area contributed by atoms with Gasteiger partial charge in [-0.15, -0.1) is 0 Å². The van der Waals surface area contributed by atoms with Crippen molar-refractivity contribution in [2.45, 2.75) is 38.8 Å². The van der Waals surface area contributed by atoms with Crippen molar-refractivity contribution >= 4 is 5.91 Å². The first-order chi connectivity index (χ1) is 11.7. The molecule has 2 aromatic rings. The molecule has 7 heteroatoms. The van der Waals surface area contributed by atoms with Gasteiger partial charge in [0.1, 0.15) is 6.04 Å². The van der Waals surface area contributed by atoms with Crippen LogP contribution < -0.4 is 5.32 Å². The molecule has 0 aromatic carbocycles. The van der Waals surface area contributed by atoms with Crippen LogP contribution in [0.25, 0.3) is 0 Å². The lowest BCUT2D eigenvalue weighted by Gasteiger charge is -2.35. The van der Waals surface area contributed by atoms with Gasteiger partial charge in [0.15, 0.2) is 0 Å². The fourth-order valence-electron chi connectivity index (χ4n) is 3.77. The number of aromatic nitrogens is 4. The molecule has 0 aliphatic carbocycles. The van der Waals surface area contributed by atoms with Gasteiger partial charge in [0.25, 0.3) is 0 Å². The number of imidazole rings is 1. The highest BCUT2D eigenvalue weighted by atomic mass is 16.2. The Balaban J connectivity index is 1.35. The maximum absolute atomic E-state index is 12.9. The molecule has 2 aliphatic heterocycles. The molecule has 0 spiro atoms. The first-order valence-electron chi connectivity index (χ1n) is 8.74. The van der Waals surface area contributed by atoms with Gasteiger partial charge in [-0.3, -0.25) is 9.48 Å². The molecule has 2 aliphatic rings. The minimum atomic E-state index is -0.287. The number of hydrogen-bond donors (Lipinski definition) is 2. The van der Waals surface area contributed by atoms with Crippen molar-refractivity contribution in [1.29, 1.82) is 0 Å². The Hall–Kier alpha value is -2.15. The molecule has 0 bridgehead atoms. The summed E-state index contributed by atoms with van der Waals surface area (Å²) < 4.78 is 2.02. The highest BCUT2D eigenvalue weighted by Gasteiger charge is 2.33. The van der Waals surface area contributed by atoms with Gasteiger partial charge in [0, 0.05) is 44.5 Å². The number of H-pyrrole nitrogens is 1. The Bertz CT molecular complexity index is 712. The van der Waals surface area contributed by atoms with Crippen molar-refractivity contribution in [2.24, 2.45) is 5.92 Å². The van der Waals surface area contributed by atoms with E-state index in [0.29, 0.717) is 5.92 Å². The van der Waals surface area contributed by atoms with Gasteiger partial charge < -0.3 is 15.2 Å². The number of carbonyl (C=O) groups excluding carboxylic acids is 1. The van der Waals surface area contributed by atoms with E-state index in [0.717, 1.165) is 56.8 Å². The number of piperidine rings is 1. The zero-order valence-corrected chi connectivity index (χ0v) is 14.0. The minimum Gasteiger partial charge on any atom is -0.348 e. The van der Waals surface area contributed by atoms with Gasteiger partial charge in [-0.25, -0.2) is 4.98 Å². The number of nitrogens with one attached hydrogen (secondary N) is 2. The fourth-order valence-corrected chi connectivity index (χ4v) is 3.77. The summed E-state index contributed by atoms with van der Waals surface area (Å²) in [5.41, 5.74) is 3.16. The fraction of sp³-hybridized carbons (Fsp3) is 0.588. The minimum absolute atomic E-state index is 0.163. The van der Waals surface area contributed by atoms with Gasteiger partial charge >= 0.3 is 0 Å². The van der Waals surface area contributed by atoms with Crippen molar-refractivity contribution < 1.29 is 4.79 Å². The topological polar surface area (TPSA) is 78.8 Å². The van der Waals surface area contributed by atoms with Gasteiger partial charge in [-0.1, -0.05) is 0 Å². The summed E-state index contributed by atoms with van der Waals surface area (Å²) in [4.78, 5) is 22.4. The number of fused-ring (bicyclic) bond motifs is 1. The second kappa shape index (κ2) is 6.39. The third kappa shape index (κ3) is 2.96. The highest BCUT2D eigenvalue weighted by Crippen LogP contribution is 2.25. The van der Waals surface area contributed by atoms with E-state index in [1.807, 2.05) is 15.8 Å². The zero-order valence-electron chi connectivity index (χ0n) is 14.0. The van der Waals surface area contributed by atoms with Gasteiger partial charge in [0.05, 0.1) is 18.2 Å². The average molecular weight is 328 g/mol. The maximum Gasteiger partial charge on any atom is 0.246 e. The van der Waals surface area contributed by atoms with E-state index in [4.69, 9.17) is 0 Å². The Morgan fingerprint density at radius 3 is 2.96 bits per heavy atom. The predicted octanol–water partition coefficient (Wildman–Crippen LogP) is 1.04. The molecule has 2 aromatic heterocycles. The van der Waals surface area contributed by atoms with Gasteiger partial charge in [-0.2, -0.15) is 5.10 Å². The number of aryl methyl sites for hydroxylation is 1. The summed E-state index contributed by atoms with van der Waals surface area (Å²) in [6, 6.07) is -0.287. The maximum atomic E-state index is 12.9. The SMILES string of the molecule is Cc1cnn(CC2CCN(C(=O)[C@@H]3NCCc4[nH]cnc43)CC2)c1. The highest BCUT2D eigenvalue weighted by molar-refractivity contribution is 5.83. The molecule has 0 unspecified atom stereocenters. The third-order valence-electron chi connectivity index (χ3n) is 5.13. The van der Waals surface area contributed by atoms with Crippen LogP contribution in [0, 0.1) is 12.8 Å². The third-order valence-corrected chi connectivity index (χ3v) is 5.13. The summed E-state index contributed by atoms with van der Waals surface area (Å²) in [6.45, 7) is 5.47. The molecule has 1 atom stereocenters. The van der Waals surface area contributed by atoms with Gasteiger partial charge in [0.2, 0.25) is 5.91 Å². The Morgan fingerprint density at radius 2 is 2.21 bits per heavy atom. The summed E-state index contributed by atoms with van der Waals surface area (Å²) in [6.07, 6.45) is 8.65. The normalized spacial score (nSPS) is 21.7. The van der Waals surface area contributed by atoms with E-state index >= 15 is 0 Å². The monoisotopic (exact) mass is 328 g/mol. The standard InChI is InChI=1S/C17H24N6O/c1-12-8-21-23(9-12)10-13-3-6-22(7-4-13)17(24)16-15-14(2-5-18-16)19-11-20-15/h8-9,11,13,16,18H,2-7,10H2,1H3,(H,19,20)/t16-/m1/s1. The molecule has 7 nitrogen and oxygen atoms in total. The second-order valence-electron chi connectivity index (χ2n) is 6.91. The molecule has 24 heavy (non-hydrogen) atoms. The van der Waals surface area contributed by atoms with Crippen LogP contribution in [0.5, 0.6) is 0 Å². The molecule has 0 saturated carbocycles. The van der Waals surface area contributed by atoms with Crippen molar-refractivity contribution in [3.8, 4) is 0 Å². The van der Waals surface area contributed by atoms with E-state index < -0.39 is 0 Å². The smallest absolute Gasteiger partial charge is 0.246 e. The lowest BCUT2D eigenvalue weighted by Crippen LogP contribution is -2.47. The molecule has 128 valence electrons. The predicted molar refractivity (Wildman–Crippen MR) is 89.3 cm³/mol. The quantitative estimate of drug-likeness (QED) is 0.882. The summed E-state index contributed by atoms with van der Waals surface area (Å²) in [5, 5.41) is 7.70. The molecular formula is C17H24N6O. The molecule has 0 radical (unpaired) electrons. The molecule has 1 amide bonds. The van der Waals surface area contributed by atoms with E-state index in [1.54, 1.807) is 6.33 Å². The second-order valence-corrected chi connectivity index (χ2v) is 6.91. The zero-order chi connectivity index (χ0) is 16.5. The van der Waals surface area contributed by atoms with Crippen LogP contribution in [-0.4, -0.2) is 50.2 Å². The van der Waals surface area contributed by atoms with Crippen LogP contribution in [0.1, 0.15) is 35.8 Å². The van der Waals surface area contributed by atoms with Crippen LogP contribution in [0.15, 0.2) is 18.7 Å². The molecule has 2 N–H and O–H groups in total. The van der Waals surface area contributed by atoms with Crippen LogP contribution in [0.4, 0.5) is 0 Å². The summed E-state index contributed by atoms with van der Waals surface area (Å²) >= 11 is 0. The Labute approximate surface area is 141 Å². The molecule has 1 saturated heterocycles. The number of rotatable bonds is 3. The molecular weight excluding hydrogens is 304 g/mol. The van der Waals surface area contributed by atoms with Gasteiger partial charge in [-0.05, 0) is 31.2 Å². The van der Waals surface area contributed by atoms with E-state index in [1.165, 1.54) is 5.56 Å². The molecule has 4 rings (SSSR count). The number of likely N-dealkylation sites (tertiary alicyclic amines) is 1. The van der Waals surface area contributed by atoms with Crippen LogP contribution in [0.3, 0.4) is 0 Å². The van der Waals surface area contributed by atoms with E-state index in [9.17, 15) is 4.79 Å². The summed E-state index contributed by atoms with van der Waals surface area (Å²) in [5.74, 6) is 0.755. The number of aromatic amines is 1. The first-order valence-corrected chi connectivity index (χ1v) is 8.74. The van der Waals surface area contributed by atoms with Crippen LogP contribution in [-0.2, 0) is 17.8 Å². The van der Waals surface area contributed by atoms with Crippen LogP contribution >= 0.6 is 0 Å². The number of carbonyl (C=O) groups is 1. The van der Waals surface area contributed by atoms with Crippen molar-refractivity contribution in [2.75, 3.05) is 19.6 Å². The Morgan fingerprint density at radius 1 is 1.38 bits per heavy atom. The number of nitrogens with zero attached hydrogens (tertiary/aromatic N) is 4. The van der Waals surface area contributed by atoms with E-state index in [2.05, 4.69) is 33.5 Å². The Kier molecular flexibility index (Phi) is 4.10. The van der Waals surface area contributed by atoms with Crippen molar-refractivity contribution in [3.05, 3.63) is 35.7 Å². The lowest BCUT2D eigenvalue weighted by molar-refractivity contribution is -0.135.